The Labute approximate surface area is 116 Å². The normalized spacial score (nSPS) is 24.4. The van der Waals surface area contributed by atoms with Crippen molar-refractivity contribution in [1.29, 1.82) is 0 Å². The summed E-state index contributed by atoms with van der Waals surface area (Å²) in [5.74, 6) is 1.79. The van der Waals surface area contributed by atoms with Crippen LogP contribution in [-0.2, 0) is 6.54 Å². The summed E-state index contributed by atoms with van der Waals surface area (Å²) in [7, 11) is 1.72. The maximum absolute atomic E-state index is 5.95. The first-order valence-electron chi connectivity index (χ1n) is 7.33. The van der Waals surface area contributed by atoms with Crippen LogP contribution in [-0.4, -0.2) is 31.1 Å². The number of hydrogen-bond acceptors (Lipinski definition) is 3. The van der Waals surface area contributed by atoms with Gasteiger partial charge in [-0.1, -0.05) is 25.5 Å². The van der Waals surface area contributed by atoms with Crippen LogP contribution in [0.2, 0.25) is 0 Å². The van der Waals surface area contributed by atoms with Gasteiger partial charge in [0.25, 0.3) is 0 Å². The van der Waals surface area contributed by atoms with Gasteiger partial charge in [-0.25, -0.2) is 0 Å². The molecule has 0 aromatic heterocycles. The Morgan fingerprint density at radius 2 is 2.26 bits per heavy atom. The van der Waals surface area contributed by atoms with E-state index in [0.717, 1.165) is 31.3 Å². The first kappa shape index (κ1) is 14.4. The molecule has 0 aliphatic carbocycles. The Morgan fingerprint density at radius 1 is 1.42 bits per heavy atom. The van der Waals surface area contributed by atoms with Gasteiger partial charge in [-0.3, -0.25) is 4.90 Å². The highest BCUT2D eigenvalue weighted by Crippen LogP contribution is 2.26. The Morgan fingerprint density at radius 3 is 2.95 bits per heavy atom. The molecule has 2 atom stereocenters. The van der Waals surface area contributed by atoms with E-state index in [4.69, 9.17) is 10.5 Å². The lowest BCUT2D eigenvalue weighted by molar-refractivity contribution is 0.107. The number of piperidine rings is 1. The largest absolute Gasteiger partial charge is 0.497 e. The lowest BCUT2D eigenvalue weighted by atomic mass is 9.88. The third kappa shape index (κ3) is 3.71. The van der Waals surface area contributed by atoms with E-state index in [9.17, 15) is 0 Å². The second-order valence-electron chi connectivity index (χ2n) is 5.51. The first-order chi connectivity index (χ1) is 9.26. The molecule has 19 heavy (non-hydrogen) atoms. The van der Waals surface area contributed by atoms with Gasteiger partial charge in [-0.05, 0) is 43.0 Å². The molecule has 1 heterocycles. The summed E-state index contributed by atoms with van der Waals surface area (Å²) in [4.78, 5) is 2.53. The van der Waals surface area contributed by atoms with Gasteiger partial charge in [0.2, 0.25) is 0 Å². The second kappa shape index (κ2) is 6.92. The fourth-order valence-corrected chi connectivity index (χ4v) is 3.01. The van der Waals surface area contributed by atoms with Gasteiger partial charge in [0.05, 0.1) is 7.11 Å². The number of likely N-dealkylation sites (tertiary alicyclic amines) is 1. The number of methoxy groups -OCH3 is 1. The van der Waals surface area contributed by atoms with E-state index in [1.807, 2.05) is 6.07 Å². The van der Waals surface area contributed by atoms with Gasteiger partial charge in [0.1, 0.15) is 5.75 Å². The molecule has 1 saturated heterocycles. The molecule has 3 nitrogen and oxygen atoms in total. The molecule has 1 aliphatic heterocycles. The van der Waals surface area contributed by atoms with E-state index >= 15 is 0 Å². The number of hydrogen-bond donors (Lipinski definition) is 1. The minimum atomic E-state index is 0.532. The van der Waals surface area contributed by atoms with Crippen LogP contribution in [0.1, 0.15) is 31.7 Å². The molecule has 0 radical (unpaired) electrons. The topological polar surface area (TPSA) is 38.5 Å². The molecular formula is C16H26N2O. The zero-order chi connectivity index (χ0) is 13.7. The molecular weight excluding hydrogens is 236 g/mol. The van der Waals surface area contributed by atoms with Gasteiger partial charge < -0.3 is 10.5 Å². The molecule has 0 saturated carbocycles. The van der Waals surface area contributed by atoms with Crippen LogP contribution < -0.4 is 10.5 Å². The summed E-state index contributed by atoms with van der Waals surface area (Å²) in [5, 5.41) is 0. The average Bonchev–Trinajstić information content (AvgIpc) is 2.48. The first-order valence-corrected chi connectivity index (χ1v) is 7.33. The van der Waals surface area contributed by atoms with Gasteiger partial charge in [-0.15, -0.1) is 0 Å². The number of ether oxygens (including phenoxy) is 1. The minimum Gasteiger partial charge on any atom is -0.497 e. The molecule has 106 valence electrons. The number of benzene rings is 1. The molecule has 0 amide bonds. The van der Waals surface area contributed by atoms with Gasteiger partial charge in [-0.2, -0.15) is 0 Å². The van der Waals surface area contributed by atoms with Gasteiger partial charge in [0.15, 0.2) is 0 Å². The molecule has 1 fully saturated rings. The van der Waals surface area contributed by atoms with Crippen molar-refractivity contribution in [2.75, 3.05) is 20.2 Å². The number of nitrogens with zero attached hydrogens (tertiary/aromatic N) is 1. The number of rotatable bonds is 5. The van der Waals surface area contributed by atoms with Crippen LogP contribution in [0.4, 0.5) is 0 Å². The summed E-state index contributed by atoms with van der Waals surface area (Å²) >= 11 is 0. The average molecular weight is 262 g/mol. The van der Waals surface area contributed by atoms with E-state index in [1.54, 1.807) is 7.11 Å². The van der Waals surface area contributed by atoms with Crippen LogP contribution in [0.15, 0.2) is 24.3 Å². The van der Waals surface area contributed by atoms with Crippen molar-refractivity contribution in [1.82, 2.24) is 4.90 Å². The Hall–Kier alpha value is -1.06. The van der Waals surface area contributed by atoms with Crippen LogP contribution in [0, 0.1) is 5.92 Å². The van der Waals surface area contributed by atoms with Crippen LogP contribution in [0.25, 0.3) is 0 Å². The molecule has 0 spiro atoms. The van der Waals surface area contributed by atoms with Crippen LogP contribution >= 0.6 is 0 Å². The Balaban J connectivity index is 2.00. The van der Waals surface area contributed by atoms with Crippen molar-refractivity contribution in [3.63, 3.8) is 0 Å². The highest BCUT2D eigenvalue weighted by molar-refractivity contribution is 5.28. The van der Waals surface area contributed by atoms with Crippen LogP contribution in [0.5, 0.6) is 5.75 Å². The Kier molecular flexibility index (Phi) is 5.23. The highest BCUT2D eigenvalue weighted by atomic mass is 16.5. The van der Waals surface area contributed by atoms with Crippen molar-refractivity contribution >= 4 is 0 Å². The number of nitrogens with two attached hydrogens (primary N) is 1. The van der Waals surface area contributed by atoms with E-state index < -0.39 is 0 Å². The molecule has 2 rings (SSSR count). The van der Waals surface area contributed by atoms with Crippen molar-refractivity contribution in [2.45, 2.75) is 38.8 Å². The third-order valence-electron chi connectivity index (χ3n) is 4.32. The summed E-state index contributed by atoms with van der Waals surface area (Å²) in [6.45, 7) is 5.20. The highest BCUT2D eigenvalue weighted by Gasteiger charge is 2.26. The van der Waals surface area contributed by atoms with E-state index in [1.165, 1.54) is 24.8 Å². The minimum absolute atomic E-state index is 0.532. The molecule has 1 aliphatic rings. The van der Waals surface area contributed by atoms with Crippen molar-refractivity contribution in [2.24, 2.45) is 11.7 Å². The molecule has 2 N–H and O–H groups in total. The smallest absolute Gasteiger partial charge is 0.119 e. The van der Waals surface area contributed by atoms with Crippen molar-refractivity contribution < 1.29 is 4.74 Å². The van der Waals surface area contributed by atoms with E-state index in [0.29, 0.717) is 6.04 Å². The van der Waals surface area contributed by atoms with Crippen molar-refractivity contribution in [3.8, 4) is 5.75 Å². The molecule has 0 bridgehead atoms. The standard InChI is InChI=1S/C16H26N2O/c1-3-13-7-8-18(15(9-13)11-17)12-14-5-4-6-16(10-14)19-2/h4-6,10,13,15H,3,7-9,11-12,17H2,1-2H3. The van der Waals surface area contributed by atoms with Gasteiger partial charge >= 0.3 is 0 Å². The third-order valence-corrected chi connectivity index (χ3v) is 4.32. The van der Waals surface area contributed by atoms with Gasteiger partial charge in [0, 0.05) is 19.1 Å². The second-order valence-corrected chi connectivity index (χ2v) is 5.51. The lowest BCUT2D eigenvalue weighted by Gasteiger charge is -2.39. The Bertz CT molecular complexity index is 394. The predicted molar refractivity (Wildman–Crippen MR) is 79.3 cm³/mol. The van der Waals surface area contributed by atoms with Crippen molar-refractivity contribution in [3.05, 3.63) is 29.8 Å². The molecule has 2 unspecified atom stereocenters. The summed E-state index contributed by atoms with van der Waals surface area (Å²) in [6.07, 6.45) is 3.83. The molecule has 3 heteroatoms. The zero-order valence-corrected chi connectivity index (χ0v) is 12.1. The van der Waals surface area contributed by atoms with Crippen LogP contribution in [0.3, 0.4) is 0 Å². The van der Waals surface area contributed by atoms with E-state index in [-0.39, 0.29) is 0 Å². The lowest BCUT2D eigenvalue weighted by Crippen LogP contribution is -2.45. The maximum atomic E-state index is 5.95. The fraction of sp³-hybridized carbons (Fsp3) is 0.625. The fourth-order valence-electron chi connectivity index (χ4n) is 3.01. The molecule has 1 aromatic carbocycles. The maximum Gasteiger partial charge on any atom is 0.119 e. The predicted octanol–water partition coefficient (Wildman–Crippen LogP) is 2.64. The monoisotopic (exact) mass is 262 g/mol. The SMILES string of the molecule is CCC1CCN(Cc2cccc(OC)c2)C(CN)C1. The quantitative estimate of drug-likeness (QED) is 0.886. The van der Waals surface area contributed by atoms with E-state index in [2.05, 4.69) is 30.0 Å². The molecule has 1 aromatic rings. The zero-order valence-electron chi connectivity index (χ0n) is 12.1. The summed E-state index contributed by atoms with van der Waals surface area (Å²) < 4.78 is 5.29. The summed E-state index contributed by atoms with van der Waals surface area (Å²) in [5.41, 5.74) is 7.27. The summed E-state index contributed by atoms with van der Waals surface area (Å²) in [6, 6.07) is 8.88.